The topological polar surface area (TPSA) is 172 Å². The summed E-state index contributed by atoms with van der Waals surface area (Å²) < 4.78 is 11.1. The summed E-state index contributed by atoms with van der Waals surface area (Å²) in [7, 11) is 2.78. The largest absolute Gasteiger partial charge is 0.497 e. The molecule has 0 amide bonds. The molecular formula is C17H15N5O7. The van der Waals surface area contributed by atoms with Gasteiger partial charge in [0.15, 0.2) is 0 Å². The van der Waals surface area contributed by atoms with E-state index in [-0.39, 0.29) is 17.1 Å². The number of nitrogens with one attached hydrogen (secondary N) is 3. The fourth-order valence-corrected chi connectivity index (χ4v) is 2.48. The highest BCUT2D eigenvalue weighted by Gasteiger charge is 2.18. The number of benzene rings is 1. The van der Waals surface area contributed by atoms with Crippen molar-refractivity contribution in [3.05, 3.63) is 71.6 Å². The fourth-order valence-electron chi connectivity index (χ4n) is 2.48. The van der Waals surface area contributed by atoms with Gasteiger partial charge in [-0.2, -0.15) is 0 Å². The van der Waals surface area contributed by atoms with Gasteiger partial charge in [0.2, 0.25) is 5.88 Å². The lowest BCUT2D eigenvalue weighted by Crippen LogP contribution is -2.31. The summed E-state index contributed by atoms with van der Waals surface area (Å²) in [4.78, 5) is 57.3. The van der Waals surface area contributed by atoms with Crippen LogP contribution < -0.4 is 32.0 Å². The Hall–Kier alpha value is -4.35. The van der Waals surface area contributed by atoms with Gasteiger partial charge < -0.3 is 19.6 Å². The van der Waals surface area contributed by atoms with E-state index < -0.39 is 33.9 Å². The van der Waals surface area contributed by atoms with Gasteiger partial charge in [-0.3, -0.25) is 19.6 Å². The van der Waals surface area contributed by atoms with E-state index in [1.807, 2.05) is 4.98 Å². The molecule has 2 aromatic heterocycles. The maximum atomic E-state index is 12.4. The smallest absolute Gasteiger partial charge is 0.335 e. The van der Waals surface area contributed by atoms with E-state index in [9.17, 15) is 24.3 Å². The van der Waals surface area contributed by atoms with E-state index in [0.29, 0.717) is 5.75 Å². The summed E-state index contributed by atoms with van der Waals surface area (Å²) in [5, 5.41) is 10.6. The molecule has 0 aliphatic rings. The average molecular weight is 401 g/mol. The number of hydrogen-bond acceptors (Lipinski definition) is 8. The van der Waals surface area contributed by atoms with Gasteiger partial charge in [0.05, 0.1) is 19.9 Å². The number of methoxy groups -OCH3 is 2. The van der Waals surface area contributed by atoms with E-state index >= 15 is 0 Å². The number of aromatic nitrogens is 4. The number of rotatable bonds is 5. The third kappa shape index (κ3) is 3.71. The molecule has 1 aromatic carbocycles. The molecule has 0 radical (unpaired) electrons. The lowest BCUT2D eigenvalue weighted by atomic mass is 10.2. The molecule has 150 valence electrons. The van der Waals surface area contributed by atoms with E-state index in [1.165, 1.54) is 26.4 Å². The van der Waals surface area contributed by atoms with Gasteiger partial charge >= 0.3 is 11.4 Å². The molecule has 29 heavy (non-hydrogen) atoms. The molecule has 12 heteroatoms. The molecule has 0 unspecified atom stereocenters. The van der Waals surface area contributed by atoms with Gasteiger partial charge in [0, 0.05) is 18.5 Å². The van der Waals surface area contributed by atoms with Crippen molar-refractivity contribution in [3.63, 3.8) is 0 Å². The molecule has 0 aliphatic carbocycles. The number of aromatic hydroxyl groups is 1. The molecule has 0 spiro atoms. The van der Waals surface area contributed by atoms with Gasteiger partial charge in [-0.25, -0.2) is 19.1 Å². The predicted molar refractivity (Wildman–Crippen MR) is 102 cm³/mol. The Morgan fingerprint density at radius 1 is 1.07 bits per heavy atom. The zero-order valence-corrected chi connectivity index (χ0v) is 15.2. The minimum atomic E-state index is -0.935. The van der Waals surface area contributed by atoms with E-state index in [4.69, 9.17) is 9.47 Å². The van der Waals surface area contributed by atoms with Crippen LogP contribution in [-0.2, 0) is 0 Å². The fraction of sp³-hybridized carbons (Fsp3) is 0.118. The summed E-state index contributed by atoms with van der Waals surface area (Å²) in [6.07, 6.45) is 1.92. The Kier molecular flexibility index (Phi) is 5.17. The second-order valence-electron chi connectivity index (χ2n) is 5.59. The quantitative estimate of drug-likeness (QED) is 0.412. The molecule has 0 fully saturated rings. The highest BCUT2D eigenvalue weighted by Crippen LogP contribution is 2.29. The van der Waals surface area contributed by atoms with Crippen molar-refractivity contribution in [2.75, 3.05) is 14.2 Å². The van der Waals surface area contributed by atoms with Crippen LogP contribution in [-0.4, -0.2) is 45.1 Å². The molecule has 0 saturated heterocycles. The number of hydrogen-bond donors (Lipinski definition) is 4. The van der Waals surface area contributed by atoms with Crippen molar-refractivity contribution in [2.24, 2.45) is 4.99 Å². The van der Waals surface area contributed by atoms with Crippen LogP contribution in [0.4, 0.5) is 5.69 Å². The zero-order chi connectivity index (χ0) is 21.1. The highest BCUT2D eigenvalue weighted by molar-refractivity contribution is 5.84. The van der Waals surface area contributed by atoms with E-state index in [2.05, 4.69) is 15.0 Å². The summed E-state index contributed by atoms with van der Waals surface area (Å²) in [6, 6.07) is 4.52. The maximum Gasteiger partial charge on any atom is 0.335 e. The van der Waals surface area contributed by atoms with Crippen molar-refractivity contribution in [3.8, 4) is 23.1 Å². The van der Waals surface area contributed by atoms with Gasteiger partial charge in [0.25, 0.3) is 11.1 Å². The second-order valence-corrected chi connectivity index (χ2v) is 5.59. The summed E-state index contributed by atoms with van der Waals surface area (Å²) in [5.41, 5.74) is -3.92. The first-order valence-corrected chi connectivity index (χ1v) is 8.02. The van der Waals surface area contributed by atoms with Crippen LogP contribution in [0.15, 0.2) is 48.6 Å². The number of nitrogens with zero attached hydrogens (tertiary/aromatic N) is 2. The average Bonchev–Trinajstić information content (AvgIpc) is 2.68. The molecule has 2 heterocycles. The number of H-pyrrole nitrogens is 3. The van der Waals surface area contributed by atoms with Crippen LogP contribution in [0.25, 0.3) is 5.69 Å². The van der Waals surface area contributed by atoms with Crippen LogP contribution in [0.2, 0.25) is 0 Å². The van der Waals surface area contributed by atoms with Crippen molar-refractivity contribution in [2.45, 2.75) is 0 Å². The Bertz CT molecular complexity index is 1330. The standard InChI is InChI=1S/C17H15N5O7/c1-28-8-3-4-12(29-2)11(5-8)22-15(25)9(13(23)21-17(22)27)6-18-10-7-19-16(26)20-14(10)24/h3-7,25H,1-2H3,(H,21,23,27)(H2,19,20,24,26). The minimum Gasteiger partial charge on any atom is -0.497 e. The molecule has 3 rings (SSSR count). The van der Waals surface area contributed by atoms with Gasteiger partial charge in [-0.1, -0.05) is 0 Å². The van der Waals surface area contributed by atoms with Crippen molar-refractivity contribution >= 4 is 11.9 Å². The van der Waals surface area contributed by atoms with Crippen LogP contribution >= 0.6 is 0 Å². The molecule has 0 saturated carbocycles. The first-order chi connectivity index (χ1) is 13.8. The Morgan fingerprint density at radius 3 is 2.48 bits per heavy atom. The normalized spacial score (nSPS) is 11.0. The Balaban J connectivity index is 2.22. The van der Waals surface area contributed by atoms with E-state index in [1.54, 1.807) is 6.07 Å². The van der Waals surface area contributed by atoms with Gasteiger partial charge in [-0.05, 0) is 12.1 Å². The van der Waals surface area contributed by atoms with Crippen LogP contribution in [0.5, 0.6) is 17.4 Å². The zero-order valence-electron chi connectivity index (χ0n) is 15.2. The summed E-state index contributed by atoms with van der Waals surface area (Å²) >= 11 is 0. The molecule has 0 bridgehead atoms. The molecule has 0 aliphatic heterocycles. The first kappa shape index (κ1) is 19.4. The number of aromatic amines is 3. The second kappa shape index (κ2) is 7.72. The third-order valence-corrected chi connectivity index (χ3v) is 3.88. The highest BCUT2D eigenvalue weighted by atomic mass is 16.5. The molecule has 4 N–H and O–H groups in total. The van der Waals surface area contributed by atoms with Gasteiger partial charge in [-0.15, -0.1) is 0 Å². The third-order valence-electron chi connectivity index (χ3n) is 3.88. The molecular weight excluding hydrogens is 386 g/mol. The lowest BCUT2D eigenvalue weighted by Gasteiger charge is -2.14. The Morgan fingerprint density at radius 2 is 1.83 bits per heavy atom. The number of aliphatic imine (C=N–C) groups is 1. The molecule has 0 atom stereocenters. The minimum absolute atomic E-state index is 0.0992. The van der Waals surface area contributed by atoms with E-state index in [0.717, 1.165) is 17.0 Å². The SMILES string of the molecule is COc1ccc(OC)c(-n2c(O)c(C=Nc3c[nH]c(=O)[nH]c3=O)c(=O)[nH]c2=O)c1. The van der Waals surface area contributed by atoms with Crippen molar-refractivity contribution < 1.29 is 14.6 Å². The Labute approximate surface area is 160 Å². The van der Waals surface area contributed by atoms with Crippen LogP contribution in [0.1, 0.15) is 5.56 Å². The van der Waals surface area contributed by atoms with Crippen LogP contribution in [0, 0.1) is 0 Å². The lowest BCUT2D eigenvalue weighted by molar-refractivity contribution is 0.393. The maximum absolute atomic E-state index is 12.4. The molecule has 12 nitrogen and oxygen atoms in total. The molecule has 3 aromatic rings. The van der Waals surface area contributed by atoms with Gasteiger partial charge in [0.1, 0.15) is 22.7 Å². The summed E-state index contributed by atoms with van der Waals surface area (Å²) in [6.45, 7) is 0. The monoisotopic (exact) mass is 401 g/mol. The number of ether oxygens (including phenoxy) is 2. The predicted octanol–water partition coefficient (Wildman–Crippen LogP) is -0.624. The van der Waals surface area contributed by atoms with Crippen molar-refractivity contribution in [1.29, 1.82) is 0 Å². The van der Waals surface area contributed by atoms with Crippen molar-refractivity contribution in [1.82, 2.24) is 19.5 Å². The van der Waals surface area contributed by atoms with Crippen LogP contribution in [0.3, 0.4) is 0 Å². The first-order valence-electron chi connectivity index (χ1n) is 8.02. The summed E-state index contributed by atoms with van der Waals surface area (Å²) in [5.74, 6) is -0.154.